The van der Waals surface area contributed by atoms with Crippen LogP contribution in [0.5, 0.6) is 17.2 Å². The molecular formula is C35H31ClN2O8S. The van der Waals surface area contributed by atoms with Crippen molar-refractivity contribution in [3.63, 3.8) is 0 Å². The molecule has 47 heavy (non-hydrogen) atoms. The summed E-state index contributed by atoms with van der Waals surface area (Å²) < 4.78 is 42.2. The molecule has 0 spiro atoms. The Morgan fingerprint density at radius 2 is 1.53 bits per heavy atom. The van der Waals surface area contributed by atoms with Gasteiger partial charge in [-0.15, -0.1) is 0 Å². The Bertz CT molecular complexity index is 1970. The van der Waals surface area contributed by atoms with Crippen molar-refractivity contribution >= 4 is 49.9 Å². The number of aryl methyl sites for hydroxylation is 1. The van der Waals surface area contributed by atoms with Crippen LogP contribution in [0.25, 0.3) is 10.9 Å². The largest absolute Gasteiger partial charge is 0.487 e. The van der Waals surface area contributed by atoms with E-state index in [-0.39, 0.29) is 35.3 Å². The normalized spacial score (nSPS) is 11.2. The van der Waals surface area contributed by atoms with Gasteiger partial charge in [0.05, 0.1) is 27.5 Å². The molecule has 12 heteroatoms. The summed E-state index contributed by atoms with van der Waals surface area (Å²) in [5, 5.41) is 13.3. The van der Waals surface area contributed by atoms with Crippen molar-refractivity contribution in [3.05, 3.63) is 119 Å². The van der Waals surface area contributed by atoms with E-state index in [0.717, 1.165) is 22.2 Å². The highest BCUT2D eigenvalue weighted by atomic mass is 35.5. The molecule has 0 aliphatic heterocycles. The van der Waals surface area contributed by atoms with Crippen LogP contribution in [0.1, 0.15) is 17.7 Å². The standard InChI is InChI=1S/C35H31ClN2O8S/c36-26-9-16-30(17-10-26)47(42,43)19-3-4-24-7-18-33(46-23-35(40)41)32(20-24)38-34(39)22-45-29-14-12-28(13-15-29)44-21-27-11-8-25-5-1-2-6-31(25)37-27/h1-2,5-18,20H,3-4,19,21-23H2,(H,38,39)(H,40,41). The highest BCUT2D eigenvalue weighted by Gasteiger charge is 2.16. The Hall–Kier alpha value is -5.13. The summed E-state index contributed by atoms with van der Waals surface area (Å²) in [5.41, 5.74) is 2.65. The second-order valence-corrected chi connectivity index (χ2v) is 13.0. The number of halogens is 1. The lowest BCUT2D eigenvalue weighted by molar-refractivity contribution is -0.139. The number of carboxylic acid groups (broad SMARTS) is 1. The Morgan fingerprint density at radius 1 is 0.809 bits per heavy atom. The van der Waals surface area contributed by atoms with E-state index in [1.165, 1.54) is 30.3 Å². The smallest absolute Gasteiger partial charge is 0.341 e. The second-order valence-electron chi connectivity index (χ2n) is 10.5. The van der Waals surface area contributed by atoms with E-state index in [1.807, 2.05) is 36.4 Å². The number of para-hydroxylation sites is 1. The second kappa shape index (κ2) is 15.4. The first-order valence-corrected chi connectivity index (χ1v) is 16.6. The Balaban J connectivity index is 1.15. The molecule has 0 unspecified atom stereocenters. The maximum absolute atomic E-state index is 12.8. The molecule has 0 saturated heterocycles. The number of carbonyl (C=O) groups is 2. The average Bonchev–Trinajstić information content (AvgIpc) is 3.06. The molecule has 5 aromatic rings. The number of fused-ring (bicyclic) bond motifs is 1. The fraction of sp³-hybridized carbons (Fsp3) is 0.171. The van der Waals surface area contributed by atoms with Gasteiger partial charge in [0.25, 0.3) is 5.91 Å². The first kappa shape index (κ1) is 33.2. The van der Waals surface area contributed by atoms with Gasteiger partial charge in [-0.1, -0.05) is 41.9 Å². The molecule has 0 radical (unpaired) electrons. The Kier molecular flexibility index (Phi) is 10.9. The van der Waals surface area contributed by atoms with E-state index >= 15 is 0 Å². The summed E-state index contributed by atoms with van der Waals surface area (Å²) in [4.78, 5) is 28.7. The minimum absolute atomic E-state index is 0.0917. The topological polar surface area (TPSA) is 141 Å². The molecule has 0 atom stereocenters. The quantitative estimate of drug-likeness (QED) is 0.130. The highest BCUT2D eigenvalue weighted by molar-refractivity contribution is 7.91. The number of hydrogen-bond donors (Lipinski definition) is 2. The number of amides is 1. The summed E-state index contributed by atoms with van der Waals surface area (Å²) in [7, 11) is -3.51. The maximum Gasteiger partial charge on any atom is 0.341 e. The van der Waals surface area contributed by atoms with Crippen molar-refractivity contribution in [3.8, 4) is 17.2 Å². The van der Waals surface area contributed by atoms with Gasteiger partial charge in [-0.3, -0.25) is 4.79 Å². The first-order chi connectivity index (χ1) is 22.6. The van der Waals surface area contributed by atoms with Gasteiger partial charge < -0.3 is 24.6 Å². The molecule has 2 N–H and O–H groups in total. The lowest BCUT2D eigenvalue weighted by Crippen LogP contribution is -2.21. The van der Waals surface area contributed by atoms with Gasteiger partial charge in [0.1, 0.15) is 23.9 Å². The molecule has 4 aromatic carbocycles. The monoisotopic (exact) mass is 674 g/mol. The zero-order valence-electron chi connectivity index (χ0n) is 25.1. The first-order valence-electron chi connectivity index (χ1n) is 14.6. The number of ether oxygens (including phenoxy) is 3. The number of rotatable bonds is 15. The number of sulfone groups is 1. The number of carbonyl (C=O) groups excluding carboxylic acids is 1. The van der Waals surface area contributed by atoms with Gasteiger partial charge in [0, 0.05) is 10.4 Å². The van der Waals surface area contributed by atoms with Crippen LogP contribution >= 0.6 is 11.6 Å². The van der Waals surface area contributed by atoms with Crippen LogP contribution in [0.15, 0.2) is 108 Å². The van der Waals surface area contributed by atoms with Gasteiger partial charge in [-0.25, -0.2) is 18.2 Å². The molecule has 0 fully saturated rings. The minimum Gasteiger partial charge on any atom is -0.487 e. The van der Waals surface area contributed by atoms with Crippen LogP contribution in [0.2, 0.25) is 5.02 Å². The summed E-state index contributed by atoms with van der Waals surface area (Å²) in [6.45, 7) is -0.649. The summed E-state index contributed by atoms with van der Waals surface area (Å²) in [5.74, 6) is -0.575. The van der Waals surface area contributed by atoms with Crippen LogP contribution in [-0.4, -0.2) is 49.4 Å². The number of pyridine rings is 1. The van der Waals surface area contributed by atoms with E-state index in [4.69, 9.17) is 30.9 Å². The Morgan fingerprint density at radius 3 is 2.28 bits per heavy atom. The van der Waals surface area contributed by atoms with Crippen LogP contribution < -0.4 is 19.5 Å². The third kappa shape index (κ3) is 9.68. The minimum atomic E-state index is -3.51. The molecule has 1 amide bonds. The van der Waals surface area contributed by atoms with E-state index < -0.39 is 28.3 Å². The predicted molar refractivity (Wildman–Crippen MR) is 178 cm³/mol. The number of nitrogens with zero attached hydrogens (tertiary/aromatic N) is 1. The zero-order valence-corrected chi connectivity index (χ0v) is 26.7. The molecule has 1 aromatic heterocycles. The molecule has 242 valence electrons. The van der Waals surface area contributed by atoms with Crippen LogP contribution in [0, 0.1) is 0 Å². The van der Waals surface area contributed by atoms with Crippen molar-refractivity contribution < 1.29 is 37.3 Å². The van der Waals surface area contributed by atoms with Gasteiger partial charge in [-0.2, -0.15) is 0 Å². The lowest BCUT2D eigenvalue weighted by atomic mass is 10.1. The number of anilines is 1. The van der Waals surface area contributed by atoms with Crippen molar-refractivity contribution in [2.24, 2.45) is 0 Å². The lowest BCUT2D eigenvalue weighted by Gasteiger charge is -2.14. The summed E-state index contributed by atoms with van der Waals surface area (Å²) in [6.07, 6.45) is 0.700. The number of aromatic nitrogens is 1. The number of nitrogens with one attached hydrogen (secondary N) is 1. The maximum atomic E-state index is 12.8. The molecule has 0 saturated carbocycles. The fourth-order valence-electron chi connectivity index (χ4n) is 4.63. The summed E-state index contributed by atoms with van der Waals surface area (Å²) >= 11 is 5.87. The van der Waals surface area contributed by atoms with E-state index in [0.29, 0.717) is 29.4 Å². The molecule has 0 aliphatic rings. The molecule has 0 bridgehead atoms. The van der Waals surface area contributed by atoms with Crippen LogP contribution in [-0.2, 0) is 32.5 Å². The van der Waals surface area contributed by atoms with Crippen molar-refractivity contribution in [2.45, 2.75) is 24.3 Å². The molecule has 5 rings (SSSR count). The average molecular weight is 675 g/mol. The molecule has 10 nitrogen and oxygen atoms in total. The van der Waals surface area contributed by atoms with E-state index in [9.17, 15) is 18.0 Å². The summed E-state index contributed by atoms with van der Waals surface area (Å²) in [6, 6.07) is 29.4. The molecule has 0 aliphatic carbocycles. The number of carboxylic acids is 1. The van der Waals surface area contributed by atoms with Crippen molar-refractivity contribution in [1.29, 1.82) is 0 Å². The number of benzene rings is 4. The fourth-order valence-corrected chi connectivity index (χ4v) is 6.07. The zero-order chi connectivity index (χ0) is 33.2. The Labute approximate surface area is 276 Å². The van der Waals surface area contributed by atoms with Crippen molar-refractivity contribution in [1.82, 2.24) is 4.98 Å². The third-order valence-electron chi connectivity index (χ3n) is 6.96. The molecule has 1 heterocycles. The number of aliphatic carboxylic acids is 1. The SMILES string of the molecule is O=C(O)COc1ccc(CCCS(=O)(=O)c2ccc(Cl)cc2)cc1NC(=O)COc1ccc(OCc2ccc3ccccc3n2)cc1. The van der Waals surface area contributed by atoms with Gasteiger partial charge >= 0.3 is 5.97 Å². The van der Waals surface area contributed by atoms with E-state index in [2.05, 4.69) is 10.3 Å². The number of hydrogen-bond acceptors (Lipinski definition) is 8. The van der Waals surface area contributed by atoms with E-state index in [1.54, 1.807) is 36.4 Å². The van der Waals surface area contributed by atoms with Crippen LogP contribution in [0.4, 0.5) is 5.69 Å². The van der Waals surface area contributed by atoms with Crippen LogP contribution in [0.3, 0.4) is 0 Å². The van der Waals surface area contributed by atoms with Gasteiger partial charge in [0.2, 0.25) is 0 Å². The van der Waals surface area contributed by atoms with Gasteiger partial charge in [-0.05, 0) is 91.2 Å². The third-order valence-corrected chi connectivity index (χ3v) is 9.03. The van der Waals surface area contributed by atoms with Gasteiger partial charge in [0.15, 0.2) is 23.1 Å². The highest BCUT2D eigenvalue weighted by Crippen LogP contribution is 2.27. The van der Waals surface area contributed by atoms with Crippen molar-refractivity contribution in [2.75, 3.05) is 24.3 Å². The molecular weight excluding hydrogens is 644 g/mol. The predicted octanol–water partition coefficient (Wildman–Crippen LogP) is 6.35.